The van der Waals surface area contributed by atoms with Crippen LogP contribution in [0.2, 0.25) is 0 Å². The molecule has 2 heterocycles. The number of nitrogens with one attached hydrogen (secondary N) is 2. The van der Waals surface area contributed by atoms with Gasteiger partial charge in [-0.25, -0.2) is 0 Å². The lowest BCUT2D eigenvalue weighted by Crippen LogP contribution is -2.35. The summed E-state index contributed by atoms with van der Waals surface area (Å²) in [5, 5.41) is 12.9. The van der Waals surface area contributed by atoms with Crippen molar-refractivity contribution in [3.8, 4) is 0 Å². The van der Waals surface area contributed by atoms with E-state index >= 15 is 0 Å². The summed E-state index contributed by atoms with van der Waals surface area (Å²) in [6.07, 6.45) is -2.95. The van der Waals surface area contributed by atoms with Gasteiger partial charge in [-0.15, -0.1) is 10.2 Å². The Morgan fingerprint density at radius 2 is 1.81 bits per heavy atom. The van der Waals surface area contributed by atoms with Crippen LogP contribution < -0.4 is 10.6 Å². The van der Waals surface area contributed by atoms with E-state index in [1.165, 1.54) is 10.5 Å². The minimum Gasteiger partial charge on any atom is -0.356 e. The molecule has 2 amide bonds. The van der Waals surface area contributed by atoms with E-state index in [9.17, 15) is 22.8 Å². The van der Waals surface area contributed by atoms with E-state index in [1.807, 2.05) is 0 Å². The fraction of sp³-hybridized carbons (Fsp3) is 0.529. The summed E-state index contributed by atoms with van der Waals surface area (Å²) in [4.78, 5) is 23.6. The molecule has 0 aliphatic rings. The lowest BCUT2D eigenvalue weighted by atomic mass is 9.96. The maximum Gasteiger partial charge on any atom is 0.417 e. The van der Waals surface area contributed by atoms with E-state index in [1.54, 1.807) is 20.8 Å². The van der Waals surface area contributed by atoms with E-state index in [2.05, 4.69) is 20.8 Å². The van der Waals surface area contributed by atoms with Gasteiger partial charge in [-0.2, -0.15) is 13.2 Å². The van der Waals surface area contributed by atoms with Crippen LogP contribution in [0.3, 0.4) is 0 Å². The SMILES string of the molecule is CC(C)(C)C(=O)NCCCC(=O)NCc1nnc2ccc(C(F)(F)F)cn12. The molecule has 0 radical (unpaired) electrons. The highest BCUT2D eigenvalue weighted by Gasteiger charge is 2.31. The lowest BCUT2D eigenvalue weighted by Gasteiger charge is -2.17. The molecule has 0 aliphatic heterocycles. The molecule has 10 heteroatoms. The Hall–Kier alpha value is -2.65. The molecule has 2 rings (SSSR count). The number of fused-ring (bicyclic) bond motifs is 1. The van der Waals surface area contributed by atoms with Gasteiger partial charge in [0, 0.05) is 24.6 Å². The number of nitrogens with zero attached hydrogens (tertiary/aromatic N) is 3. The summed E-state index contributed by atoms with van der Waals surface area (Å²) in [6.45, 7) is 5.70. The number of aromatic nitrogens is 3. The minimum atomic E-state index is -4.48. The number of alkyl halides is 3. The number of pyridine rings is 1. The highest BCUT2D eigenvalue weighted by molar-refractivity contribution is 5.81. The molecule has 2 aromatic rings. The van der Waals surface area contributed by atoms with Crippen LogP contribution in [0.25, 0.3) is 5.65 Å². The van der Waals surface area contributed by atoms with Gasteiger partial charge < -0.3 is 10.6 Å². The van der Waals surface area contributed by atoms with Crippen molar-refractivity contribution in [1.29, 1.82) is 0 Å². The fourth-order valence-corrected chi connectivity index (χ4v) is 2.21. The van der Waals surface area contributed by atoms with Crippen molar-refractivity contribution >= 4 is 17.5 Å². The monoisotopic (exact) mass is 385 g/mol. The quantitative estimate of drug-likeness (QED) is 0.747. The summed E-state index contributed by atoms with van der Waals surface area (Å²) in [5.41, 5.74) is -1.05. The van der Waals surface area contributed by atoms with E-state index in [-0.39, 0.29) is 36.3 Å². The molecule has 0 saturated carbocycles. The van der Waals surface area contributed by atoms with Crippen molar-refractivity contribution in [2.24, 2.45) is 5.41 Å². The van der Waals surface area contributed by atoms with Crippen LogP contribution in [0, 0.1) is 5.41 Å². The summed E-state index contributed by atoms with van der Waals surface area (Å²) in [6, 6.07) is 2.15. The van der Waals surface area contributed by atoms with Gasteiger partial charge in [0.1, 0.15) is 0 Å². The molecular formula is C17H22F3N5O2. The minimum absolute atomic E-state index is 0.0460. The van der Waals surface area contributed by atoms with Crippen LogP contribution in [0.5, 0.6) is 0 Å². The Morgan fingerprint density at radius 1 is 1.11 bits per heavy atom. The van der Waals surface area contributed by atoms with Gasteiger partial charge in [-0.1, -0.05) is 20.8 Å². The molecule has 0 fully saturated rings. The second-order valence-electron chi connectivity index (χ2n) is 7.15. The van der Waals surface area contributed by atoms with E-state index in [0.29, 0.717) is 13.0 Å². The molecule has 0 aliphatic carbocycles. The Labute approximate surface area is 154 Å². The zero-order chi connectivity index (χ0) is 20.2. The zero-order valence-electron chi connectivity index (χ0n) is 15.4. The normalized spacial score (nSPS) is 12.2. The van der Waals surface area contributed by atoms with Crippen molar-refractivity contribution in [1.82, 2.24) is 25.2 Å². The van der Waals surface area contributed by atoms with Crippen molar-refractivity contribution in [3.63, 3.8) is 0 Å². The first kappa shape index (κ1) is 20.7. The Bertz CT molecular complexity index is 824. The Balaban J connectivity index is 1.86. The molecule has 27 heavy (non-hydrogen) atoms. The lowest BCUT2D eigenvalue weighted by molar-refractivity contribution is -0.138. The van der Waals surface area contributed by atoms with Crippen LogP contribution >= 0.6 is 0 Å². The molecule has 0 bridgehead atoms. The first-order chi connectivity index (χ1) is 12.5. The van der Waals surface area contributed by atoms with Gasteiger partial charge in [0.15, 0.2) is 11.5 Å². The smallest absolute Gasteiger partial charge is 0.356 e. The number of hydrogen-bond donors (Lipinski definition) is 2. The highest BCUT2D eigenvalue weighted by Crippen LogP contribution is 2.29. The molecule has 148 valence electrons. The molecule has 0 spiro atoms. The molecule has 7 nitrogen and oxygen atoms in total. The highest BCUT2D eigenvalue weighted by atomic mass is 19.4. The molecule has 0 unspecified atom stereocenters. The molecular weight excluding hydrogens is 363 g/mol. The summed E-state index contributed by atoms with van der Waals surface area (Å²) < 4.78 is 39.7. The van der Waals surface area contributed by atoms with Gasteiger partial charge in [-0.3, -0.25) is 14.0 Å². The van der Waals surface area contributed by atoms with Crippen LogP contribution in [0.4, 0.5) is 13.2 Å². The Kier molecular flexibility index (Phi) is 6.07. The Morgan fingerprint density at radius 3 is 2.44 bits per heavy atom. The van der Waals surface area contributed by atoms with Gasteiger partial charge in [0.25, 0.3) is 0 Å². The van der Waals surface area contributed by atoms with Crippen LogP contribution in [-0.2, 0) is 22.3 Å². The second-order valence-corrected chi connectivity index (χ2v) is 7.15. The zero-order valence-corrected chi connectivity index (χ0v) is 15.4. The van der Waals surface area contributed by atoms with Crippen molar-refractivity contribution in [3.05, 3.63) is 29.7 Å². The average Bonchev–Trinajstić information content (AvgIpc) is 2.97. The molecule has 2 N–H and O–H groups in total. The third-order valence-electron chi connectivity index (χ3n) is 3.79. The standard InChI is InChI=1S/C17H22F3N5O2/c1-16(2,3)15(27)21-8-4-5-14(26)22-9-13-24-23-12-7-6-11(10-25(12)13)17(18,19)20/h6-7,10H,4-5,8-9H2,1-3H3,(H,21,27)(H,22,26). The van der Waals surface area contributed by atoms with E-state index < -0.39 is 17.2 Å². The summed E-state index contributed by atoms with van der Waals surface area (Å²) in [7, 11) is 0. The third kappa shape index (κ3) is 5.66. The first-order valence-corrected chi connectivity index (χ1v) is 8.44. The van der Waals surface area contributed by atoms with Crippen LogP contribution in [0.1, 0.15) is 45.0 Å². The van der Waals surface area contributed by atoms with Crippen molar-refractivity contribution in [2.75, 3.05) is 6.54 Å². The van der Waals surface area contributed by atoms with E-state index in [0.717, 1.165) is 12.3 Å². The molecule has 0 atom stereocenters. The number of carbonyl (C=O) groups excluding carboxylic acids is 2. The van der Waals surface area contributed by atoms with E-state index in [4.69, 9.17) is 0 Å². The average molecular weight is 385 g/mol. The van der Waals surface area contributed by atoms with Gasteiger partial charge >= 0.3 is 6.18 Å². The maximum atomic E-state index is 12.8. The third-order valence-corrected chi connectivity index (χ3v) is 3.79. The fourth-order valence-electron chi connectivity index (χ4n) is 2.21. The number of carbonyl (C=O) groups is 2. The van der Waals surface area contributed by atoms with Crippen LogP contribution in [-0.4, -0.2) is 33.0 Å². The topological polar surface area (TPSA) is 88.4 Å². The largest absolute Gasteiger partial charge is 0.417 e. The van der Waals surface area contributed by atoms with Crippen molar-refractivity contribution in [2.45, 2.75) is 46.3 Å². The molecule has 2 aromatic heterocycles. The molecule has 0 saturated heterocycles. The number of amides is 2. The molecule has 0 aromatic carbocycles. The van der Waals surface area contributed by atoms with Crippen LogP contribution in [0.15, 0.2) is 18.3 Å². The predicted molar refractivity (Wildman–Crippen MR) is 91.5 cm³/mol. The van der Waals surface area contributed by atoms with Gasteiger partial charge in [0.05, 0.1) is 12.1 Å². The predicted octanol–water partition coefficient (Wildman–Crippen LogP) is 2.31. The van der Waals surface area contributed by atoms with Gasteiger partial charge in [-0.05, 0) is 18.6 Å². The van der Waals surface area contributed by atoms with Gasteiger partial charge in [0.2, 0.25) is 11.8 Å². The van der Waals surface area contributed by atoms with Crippen molar-refractivity contribution < 1.29 is 22.8 Å². The second kappa shape index (κ2) is 7.93. The number of rotatable bonds is 6. The number of halogens is 3. The summed E-state index contributed by atoms with van der Waals surface area (Å²) in [5.74, 6) is -0.187. The number of hydrogen-bond acceptors (Lipinski definition) is 4. The summed E-state index contributed by atoms with van der Waals surface area (Å²) >= 11 is 0. The maximum absolute atomic E-state index is 12.8. The first-order valence-electron chi connectivity index (χ1n) is 8.44.